The fraction of sp³-hybridized carbons (Fsp3) is 0.500. The van der Waals surface area contributed by atoms with Gasteiger partial charge < -0.3 is 4.74 Å². The molecule has 1 aromatic carbocycles. The molecule has 0 unspecified atom stereocenters. The standard InChI is InChI=1S/C10H12O.C2H6/c1-8-6-7-11-10-5-3-2-4-9(8)10;1-2/h2-5,8H,6-7H2,1H3;1-2H3/t8-;/m1./s1. The van der Waals surface area contributed by atoms with Gasteiger partial charge in [0.2, 0.25) is 0 Å². The predicted octanol–water partition coefficient (Wildman–Crippen LogP) is 3.60. The van der Waals surface area contributed by atoms with Crippen LogP contribution in [0.15, 0.2) is 24.3 Å². The third kappa shape index (κ3) is 2.24. The van der Waals surface area contributed by atoms with E-state index in [1.165, 1.54) is 5.56 Å². The van der Waals surface area contributed by atoms with Crippen molar-refractivity contribution in [1.29, 1.82) is 0 Å². The van der Waals surface area contributed by atoms with Crippen LogP contribution in [0.4, 0.5) is 0 Å². The van der Waals surface area contributed by atoms with Crippen molar-refractivity contribution in [3.05, 3.63) is 29.8 Å². The Morgan fingerprint density at radius 3 is 2.62 bits per heavy atom. The largest absolute Gasteiger partial charge is 0.493 e. The predicted molar refractivity (Wildman–Crippen MR) is 56.3 cm³/mol. The molecule has 1 heteroatoms. The van der Waals surface area contributed by atoms with Crippen LogP contribution in [0.1, 0.15) is 38.7 Å². The van der Waals surface area contributed by atoms with Crippen LogP contribution in [-0.2, 0) is 0 Å². The Balaban J connectivity index is 0.000000396. The van der Waals surface area contributed by atoms with E-state index in [9.17, 15) is 0 Å². The summed E-state index contributed by atoms with van der Waals surface area (Å²) in [6.45, 7) is 7.12. The lowest BCUT2D eigenvalue weighted by molar-refractivity contribution is 0.272. The molecule has 1 heterocycles. The Kier molecular flexibility index (Phi) is 3.81. The normalized spacial score (nSPS) is 19.2. The van der Waals surface area contributed by atoms with Gasteiger partial charge in [-0.3, -0.25) is 0 Å². The van der Waals surface area contributed by atoms with Crippen LogP contribution in [0, 0.1) is 0 Å². The maximum absolute atomic E-state index is 5.49. The van der Waals surface area contributed by atoms with Gasteiger partial charge in [-0.2, -0.15) is 0 Å². The maximum Gasteiger partial charge on any atom is 0.122 e. The first-order valence-corrected chi connectivity index (χ1v) is 5.09. The van der Waals surface area contributed by atoms with E-state index >= 15 is 0 Å². The van der Waals surface area contributed by atoms with E-state index in [0.29, 0.717) is 5.92 Å². The number of fused-ring (bicyclic) bond motifs is 1. The molecule has 0 saturated carbocycles. The zero-order valence-corrected chi connectivity index (χ0v) is 8.71. The fourth-order valence-corrected chi connectivity index (χ4v) is 1.52. The first kappa shape index (κ1) is 10.1. The molecule has 0 bridgehead atoms. The smallest absolute Gasteiger partial charge is 0.122 e. The van der Waals surface area contributed by atoms with Crippen molar-refractivity contribution >= 4 is 0 Å². The molecule has 0 N–H and O–H groups in total. The second kappa shape index (κ2) is 4.90. The van der Waals surface area contributed by atoms with E-state index in [1.807, 2.05) is 26.0 Å². The Morgan fingerprint density at radius 1 is 1.23 bits per heavy atom. The summed E-state index contributed by atoms with van der Waals surface area (Å²) in [5.41, 5.74) is 1.36. The lowest BCUT2D eigenvalue weighted by atomic mass is 9.95. The number of hydrogen-bond acceptors (Lipinski definition) is 1. The van der Waals surface area contributed by atoms with Crippen LogP contribution in [0.3, 0.4) is 0 Å². The molecule has 1 aliphatic heterocycles. The highest BCUT2D eigenvalue weighted by molar-refractivity contribution is 5.37. The molecule has 0 fully saturated rings. The molecule has 1 nitrogen and oxygen atoms in total. The third-order valence-electron chi connectivity index (χ3n) is 2.26. The van der Waals surface area contributed by atoms with Gasteiger partial charge in [0.05, 0.1) is 6.61 Å². The molecule has 0 spiro atoms. The van der Waals surface area contributed by atoms with Gasteiger partial charge in [0.1, 0.15) is 5.75 Å². The van der Waals surface area contributed by atoms with Gasteiger partial charge in [0, 0.05) is 0 Å². The van der Waals surface area contributed by atoms with E-state index < -0.39 is 0 Å². The minimum atomic E-state index is 0.667. The molecule has 0 radical (unpaired) electrons. The molecule has 1 aliphatic rings. The first-order valence-electron chi connectivity index (χ1n) is 5.09. The molecule has 0 aliphatic carbocycles. The number of rotatable bonds is 0. The van der Waals surface area contributed by atoms with Gasteiger partial charge in [-0.15, -0.1) is 0 Å². The SMILES string of the molecule is CC.C[C@@H]1CCOc2ccccc21. The van der Waals surface area contributed by atoms with Gasteiger partial charge in [0.15, 0.2) is 0 Å². The lowest BCUT2D eigenvalue weighted by Gasteiger charge is -2.22. The third-order valence-corrected chi connectivity index (χ3v) is 2.26. The Hall–Kier alpha value is -0.980. The molecule has 72 valence electrons. The van der Waals surface area contributed by atoms with Crippen molar-refractivity contribution in [2.75, 3.05) is 6.61 Å². The summed E-state index contributed by atoms with van der Waals surface area (Å²) >= 11 is 0. The van der Waals surface area contributed by atoms with Crippen molar-refractivity contribution in [1.82, 2.24) is 0 Å². The van der Waals surface area contributed by atoms with Crippen LogP contribution in [0.25, 0.3) is 0 Å². The maximum atomic E-state index is 5.49. The van der Waals surface area contributed by atoms with E-state index in [4.69, 9.17) is 4.74 Å². The average Bonchev–Trinajstić information content (AvgIpc) is 2.22. The van der Waals surface area contributed by atoms with Crippen LogP contribution in [0.2, 0.25) is 0 Å². The first-order chi connectivity index (χ1) is 6.38. The van der Waals surface area contributed by atoms with Crippen molar-refractivity contribution in [2.45, 2.75) is 33.1 Å². The number of benzene rings is 1. The van der Waals surface area contributed by atoms with Gasteiger partial charge in [-0.1, -0.05) is 39.0 Å². The molecular formula is C12H18O. The van der Waals surface area contributed by atoms with Crippen molar-refractivity contribution in [3.8, 4) is 5.75 Å². The molecule has 1 aromatic rings. The number of hydrogen-bond donors (Lipinski definition) is 0. The summed E-state index contributed by atoms with van der Waals surface area (Å²) in [5, 5.41) is 0. The van der Waals surface area contributed by atoms with E-state index in [1.54, 1.807) is 0 Å². The molecule has 13 heavy (non-hydrogen) atoms. The zero-order valence-electron chi connectivity index (χ0n) is 8.71. The average molecular weight is 178 g/mol. The van der Waals surface area contributed by atoms with Gasteiger partial charge in [0.25, 0.3) is 0 Å². The van der Waals surface area contributed by atoms with Gasteiger partial charge >= 0.3 is 0 Å². The van der Waals surface area contributed by atoms with E-state index in [-0.39, 0.29) is 0 Å². The highest BCUT2D eigenvalue weighted by Gasteiger charge is 2.15. The second-order valence-corrected chi connectivity index (χ2v) is 3.08. The van der Waals surface area contributed by atoms with Crippen molar-refractivity contribution in [3.63, 3.8) is 0 Å². The van der Waals surface area contributed by atoms with Crippen LogP contribution >= 0.6 is 0 Å². The lowest BCUT2D eigenvalue weighted by Crippen LogP contribution is -2.11. The minimum Gasteiger partial charge on any atom is -0.493 e. The topological polar surface area (TPSA) is 9.23 Å². The molecule has 0 saturated heterocycles. The molecule has 1 atom stereocenters. The van der Waals surface area contributed by atoms with Crippen LogP contribution in [0.5, 0.6) is 5.75 Å². The van der Waals surface area contributed by atoms with Gasteiger partial charge in [-0.05, 0) is 24.0 Å². The minimum absolute atomic E-state index is 0.667. The zero-order chi connectivity index (χ0) is 9.68. The van der Waals surface area contributed by atoms with E-state index in [2.05, 4.69) is 19.1 Å². The summed E-state index contributed by atoms with van der Waals surface area (Å²) in [5.74, 6) is 1.74. The fourth-order valence-electron chi connectivity index (χ4n) is 1.52. The highest BCUT2D eigenvalue weighted by Crippen LogP contribution is 2.32. The Morgan fingerprint density at radius 2 is 1.92 bits per heavy atom. The Bertz CT molecular complexity index is 255. The second-order valence-electron chi connectivity index (χ2n) is 3.08. The number of para-hydroxylation sites is 1. The molecule has 0 aromatic heterocycles. The number of ether oxygens (including phenoxy) is 1. The van der Waals surface area contributed by atoms with Crippen LogP contribution in [-0.4, -0.2) is 6.61 Å². The summed E-state index contributed by atoms with van der Waals surface area (Å²) in [4.78, 5) is 0. The molecule has 0 amide bonds. The highest BCUT2D eigenvalue weighted by atomic mass is 16.5. The summed E-state index contributed by atoms with van der Waals surface area (Å²) in [6.07, 6.45) is 1.15. The Labute approximate surface area is 80.7 Å². The van der Waals surface area contributed by atoms with E-state index in [0.717, 1.165) is 18.8 Å². The molecular weight excluding hydrogens is 160 g/mol. The summed E-state index contributed by atoms with van der Waals surface area (Å²) in [6, 6.07) is 8.30. The molecule has 2 rings (SSSR count). The van der Waals surface area contributed by atoms with Crippen molar-refractivity contribution < 1.29 is 4.74 Å². The van der Waals surface area contributed by atoms with Crippen LogP contribution < -0.4 is 4.74 Å². The van der Waals surface area contributed by atoms with Crippen molar-refractivity contribution in [2.24, 2.45) is 0 Å². The van der Waals surface area contributed by atoms with Gasteiger partial charge in [-0.25, -0.2) is 0 Å². The quantitative estimate of drug-likeness (QED) is 0.590. The summed E-state index contributed by atoms with van der Waals surface area (Å²) < 4.78 is 5.49. The monoisotopic (exact) mass is 178 g/mol. The summed E-state index contributed by atoms with van der Waals surface area (Å²) in [7, 11) is 0.